The summed E-state index contributed by atoms with van der Waals surface area (Å²) in [5.74, 6) is -3.80. The highest BCUT2D eigenvalue weighted by molar-refractivity contribution is 5.87. The van der Waals surface area contributed by atoms with Gasteiger partial charge in [-0.25, -0.2) is 4.39 Å². The van der Waals surface area contributed by atoms with E-state index in [4.69, 9.17) is 4.74 Å². The van der Waals surface area contributed by atoms with E-state index >= 15 is 0 Å². The molecule has 0 aliphatic rings. The topological polar surface area (TPSA) is 82.6 Å². The number of rotatable bonds is 10. The molecule has 0 radical (unpaired) electrons. The molecule has 0 amide bonds. The van der Waals surface area contributed by atoms with Gasteiger partial charge >= 0.3 is 5.92 Å². The van der Waals surface area contributed by atoms with Crippen LogP contribution in [0.15, 0.2) is 77.6 Å². The third-order valence-electron chi connectivity index (χ3n) is 6.05. The molecule has 0 saturated heterocycles. The van der Waals surface area contributed by atoms with Crippen LogP contribution >= 0.6 is 0 Å². The first-order valence-electron chi connectivity index (χ1n) is 11.6. The number of aliphatic hydroxyl groups is 1. The zero-order valence-corrected chi connectivity index (χ0v) is 19.4. The second-order valence-electron chi connectivity index (χ2n) is 8.69. The average Bonchev–Trinajstić information content (AvgIpc) is 2.86. The van der Waals surface area contributed by atoms with E-state index in [9.17, 15) is 28.2 Å². The molecule has 0 bridgehead atoms. The van der Waals surface area contributed by atoms with Crippen LogP contribution < -0.4 is 10.3 Å². The molecule has 3 aromatic carbocycles. The number of H-pyrrole nitrogens is 1. The van der Waals surface area contributed by atoms with Crippen LogP contribution in [0.3, 0.4) is 0 Å². The number of aromatic hydroxyl groups is 1. The summed E-state index contributed by atoms with van der Waals surface area (Å²) in [7, 11) is 0. The van der Waals surface area contributed by atoms with Crippen molar-refractivity contribution in [1.29, 1.82) is 0 Å². The summed E-state index contributed by atoms with van der Waals surface area (Å²) in [6, 6.07) is 17.2. The van der Waals surface area contributed by atoms with Crippen LogP contribution in [0.5, 0.6) is 11.5 Å². The summed E-state index contributed by atoms with van der Waals surface area (Å²) >= 11 is 0. The van der Waals surface area contributed by atoms with Crippen molar-refractivity contribution in [3.05, 3.63) is 106 Å². The van der Waals surface area contributed by atoms with Gasteiger partial charge in [-0.15, -0.1) is 0 Å². The monoisotopic (exact) mass is 497 g/mol. The number of aliphatic hydroxyl groups excluding tert-OH is 1. The maximum atomic E-state index is 14.3. The SMILES string of the molecule is O=c1ccc2c(C(O)CCCCc3ccc(OCC(F)(F)c4cccc(F)c4)cc3)ccc(O)c2[nH]1. The van der Waals surface area contributed by atoms with Crippen LogP contribution in [0.4, 0.5) is 13.2 Å². The lowest BCUT2D eigenvalue weighted by Gasteiger charge is -2.17. The fourth-order valence-corrected chi connectivity index (χ4v) is 4.10. The molecular weight excluding hydrogens is 471 g/mol. The fraction of sp³-hybridized carbons (Fsp3) is 0.250. The molecule has 4 aromatic rings. The molecule has 1 unspecified atom stereocenters. The van der Waals surface area contributed by atoms with Crippen LogP contribution in [-0.2, 0) is 12.3 Å². The fourth-order valence-electron chi connectivity index (χ4n) is 4.10. The van der Waals surface area contributed by atoms with E-state index in [0.717, 1.165) is 43.0 Å². The third-order valence-corrected chi connectivity index (χ3v) is 6.05. The zero-order chi connectivity index (χ0) is 25.7. The predicted molar refractivity (Wildman–Crippen MR) is 131 cm³/mol. The minimum absolute atomic E-state index is 0.0521. The van der Waals surface area contributed by atoms with Gasteiger partial charge in [-0.05, 0) is 66.8 Å². The van der Waals surface area contributed by atoms with Gasteiger partial charge < -0.3 is 19.9 Å². The number of halogens is 3. The second-order valence-corrected chi connectivity index (χ2v) is 8.69. The quantitative estimate of drug-likeness (QED) is 0.235. The Hall–Kier alpha value is -3.78. The van der Waals surface area contributed by atoms with Crippen molar-refractivity contribution < 1.29 is 28.1 Å². The number of hydrogen-bond donors (Lipinski definition) is 3. The van der Waals surface area contributed by atoms with Gasteiger partial charge in [0.25, 0.3) is 0 Å². The predicted octanol–water partition coefficient (Wildman–Crippen LogP) is 5.99. The normalized spacial score (nSPS) is 12.6. The van der Waals surface area contributed by atoms with Gasteiger partial charge in [0, 0.05) is 17.0 Å². The number of alkyl halides is 2. The highest BCUT2D eigenvalue weighted by Crippen LogP contribution is 2.32. The lowest BCUT2D eigenvalue weighted by atomic mass is 9.97. The van der Waals surface area contributed by atoms with E-state index in [1.807, 2.05) is 0 Å². The standard InChI is InChI=1S/C28H26F3NO4/c29-20-6-3-5-19(16-20)28(30,31)17-36-21-10-8-18(9-11-21)4-1-2-7-24(33)22-12-14-25(34)27-23(22)13-15-26(35)32-27/h3,5-6,8-16,24,33-34H,1-2,4,7,17H2,(H,32,35). The molecule has 1 heterocycles. The molecule has 0 aliphatic heterocycles. The molecule has 36 heavy (non-hydrogen) atoms. The molecule has 1 aromatic heterocycles. The van der Waals surface area contributed by atoms with Crippen molar-refractivity contribution in [2.24, 2.45) is 0 Å². The lowest BCUT2D eigenvalue weighted by molar-refractivity contribution is -0.0469. The van der Waals surface area contributed by atoms with Crippen molar-refractivity contribution in [1.82, 2.24) is 4.98 Å². The molecule has 5 nitrogen and oxygen atoms in total. The first-order valence-corrected chi connectivity index (χ1v) is 11.6. The molecule has 188 valence electrons. The highest BCUT2D eigenvalue weighted by atomic mass is 19.3. The van der Waals surface area contributed by atoms with E-state index in [2.05, 4.69) is 4.98 Å². The van der Waals surface area contributed by atoms with Crippen LogP contribution in [0.25, 0.3) is 10.9 Å². The Balaban J connectivity index is 1.26. The maximum absolute atomic E-state index is 14.3. The number of unbranched alkanes of at least 4 members (excludes halogenated alkanes) is 1. The number of aromatic nitrogens is 1. The third kappa shape index (κ3) is 6.07. The molecule has 0 saturated carbocycles. The first-order chi connectivity index (χ1) is 17.2. The Morgan fingerprint density at radius 3 is 2.50 bits per heavy atom. The van der Waals surface area contributed by atoms with Crippen molar-refractivity contribution in [2.75, 3.05) is 6.61 Å². The number of phenolic OH excluding ortho intramolecular Hbond substituents is 1. The minimum atomic E-state index is -3.32. The van der Waals surface area contributed by atoms with Gasteiger partial charge in [0.1, 0.15) is 17.3 Å². The largest absolute Gasteiger partial charge is 0.506 e. The average molecular weight is 498 g/mol. The van der Waals surface area contributed by atoms with Crippen LogP contribution in [0.1, 0.15) is 42.1 Å². The van der Waals surface area contributed by atoms with Gasteiger partial charge in [0.05, 0.1) is 11.6 Å². The molecule has 3 N–H and O–H groups in total. The van der Waals surface area contributed by atoms with Crippen molar-refractivity contribution >= 4 is 10.9 Å². The van der Waals surface area contributed by atoms with Gasteiger partial charge in [0.2, 0.25) is 5.56 Å². The Morgan fingerprint density at radius 1 is 0.972 bits per heavy atom. The van der Waals surface area contributed by atoms with Gasteiger partial charge in [-0.2, -0.15) is 8.78 Å². The molecule has 0 aliphatic carbocycles. The minimum Gasteiger partial charge on any atom is -0.506 e. The number of nitrogens with one attached hydrogen (secondary N) is 1. The van der Waals surface area contributed by atoms with Crippen molar-refractivity contribution in [3.8, 4) is 11.5 Å². The van der Waals surface area contributed by atoms with Crippen LogP contribution in [0, 0.1) is 5.82 Å². The first kappa shape index (κ1) is 25.3. The molecule has 1 atom stereocenters. The number of ether oxygens (including phenoxy) is 1. The number of aromatic amines is 1. The molecule has 4 rings (SSSR count). The smallest absolute Gasteiger partial charge is 0.306 e. The van der Waals surface area contributed by atoms with E-state index in [0.29, 0.717) is 28.6 Å². The number of fused-ring (bicyclic) bond motifs is 1. The number of phenols is 1. The van der Waals surface area contributed by atoms with Gasteiger partial charge in [0.15, 0.2) is 6.61 Å². The van der Waals surface area contributed by atoms with E-state index in [-0.39, 0.29) is 11.3 Å². The van der Waals surface area contributed by atoms with Crippen LogP contribution in [-0.4, -0.2) is 21.8 Å². The van der Waals surface area contributed by atoms with Crippen LogP contribution in [0.2, 0.25) is 0 Å². The number of hydrogen-bond acceptors (Lipinski definition) is 4. The molecular formula is C28H26F3NO4. The highest BCUT2D eigenvalue weighted by Gasteiger charge is 2.33. The van der Waals surface area contributed by atoms with E-state index < -0.39 is 30.0 Å². The Kier molecular flexibility index (Phi) is 7.64. The summed E-state index contributed by atoms with van der Waals surface area (Å²) < 4.78 is 47.0. The van der Waals surface area contributed by atoms with Crippen molar-refractivity contribution in [3.63, 3.8) is 0 Å². The molecule has 8 heteroatoms. The van der Waals surface area contributed by atoms with Crippen molar-refractivity contribution in [2.45, 2.75) is 37.7 Å². The summed E-state index contributed by atoms with van der Waals surface area (Å²) in [5, 5.41) is 21.2. The molecule has 0 spiro atoms. The maximum Gasteiger partial charge on any atom is 0.306 e. The zero-order valence-electron chi connectivity index (χ0n) is 19.4. The van der Waals surface area contributed by atoms with E-state index in [1.165, 1.54) is 18.2 Å². The lowest BCUT2D eigenvalue weighted by Crippen LogP contribution is -2.23. The number of aryl methyl sites for hydroxylation is 1. The Morgan fingerprint density at radius 2 is 1.75 bits per heavy atom. The van der Waals surface area contributed by atoms with E-state index in [1.54, 1.807) is 36.4 Å². The molecule has 0 fully saturated rings. The van der Waals surface area contributed by atoms with Gasteiger partial charge in [-0.3, -0.25) is 4.79 Å². The number of benzene rings is 3. The summed E-state index contributed by atoms with van der Waals surface area (Å²) in [6.45, 7) is -0.895. The summed E-state index contributed by atoms with van der Waals surface area (Å²) in [6.07, 6.45) is 1.99. The Bertz CT molecular complexity index is 1390. The second kappa shape index (κ2) is 10.9. The van der Waals surface area contributed by atoms with Gasteiger partial charge in [-0.1, -0.05) is 36.8 Å². The summed E-state index contributed by atoms with van der Waals surface area (Å²) in [5.41, 5.74) is 1.17. The Labute approximate surface area is 205 Å². The summed E-state index contributed by atoms with van der Waals surface area (Å²) in [4.78, 5) is 14.1. The number of pyridine rings is 1.